The van der Waals surface area contributed by atoms with Crippen LogP contribution in [0.2, 0.25) is 0 Å². The lowest BCUT2D eigenvalue weighted by molar-refractivity contribution is -0.148. The van der Waals surface area contributed by atoms with Gasteiger partial charge in [-0.3, -0.25) is 9.48 Å². The van der Waals surface area contributed by atoms with Gasteiger partial charge in [-0.15, -0.1) is 5.10 Å². The van der Waals surface area contributed by atoms with Crippen LogP contribution in [0.3, 0.4) is 0 Å². The normalized spacial score (nSPS) is 29.9. The molecule has 2 atom stereocenters. The Morgan fingerprint density at radius 1 is 1.24 bits per heavy atom. The van der Waals surface area contributed by atoms with E-state index in [0.717, 1.165) is 31.9 Å². The number of fused-ring (bicyclic) bond motifs is 1. The number of rotatable bonds is 5. The first-order chi connectivity index (χ1) is 14.0. The highest BCUT2D eigenvalue weighted by molar-refractivity contribution is 5.86. The second-order valence-electron chi connectivity index (χ2n) is 8.40. The number of hydrogen-bond acceptors (Lipinski definition) is 4. The molecule has 3 saturated carbocycles. The van der Waals surface area contributed by atoms with Crippen molar-refractivity contribution >= 4 is 12.1 Å². The molecule has 2 unspecified atom stereocenters. The molecule has 1 aromatic carbocycles. The summed E-state index contributed by atoms with van der Waals surface area (Å²) in [5.41, 5.74) is 0.0251. The van der Waals surface area contributed by atoms with Crippen LogP contribution < -0.4 is 4.74 Å². The van der Waals surface area contributed by atoms with Crippen LogP contribution in [0.15, 0.2) is 35.6 Å². The lowest BCUT2D eigenvalue weighted by atomic mass is 9.68. The van der Waals surface area contributed by atoms with Crippen molar-refractivity contribution in [2.45, 2.75) is 38.3 Å². The third kappa shape index (κ3) is 3.01. The van der Waals surface area contributed by atoms with Gasteiger partial charge in [0.15, 0.2) is 0 Å². The predicted molar refractivity (Wildman–Crippen MR) is 101 cm³/mol. The van der Waals surface area contributed by atoms with Crippen molar-refractivity contribution in [3.05, 3.63) is 47.7 Å². The maximum atomic E-state index is 13.7. The Labute approximate surface area is 167 Å². The number of nitrogens with zero attached hydrogens (tertiary/aromatic N) is 4. The standard InChI is InChI=1S/C21H22F2N4O2/c1-29-19-3-5-26(25-19)12-15-11-21(9-14(15)10-21)20(28)27-18(2-4-24-27)13-6-16(22)8-17(23)7-13/h3-8,14-15,18H,2,9-12H2,1H3. The number of ether oxygens (including phenoxy) is 1. The monoisotopic (exact) mass is 400 g/mol. The van der Waals surface area contributed by atoms with Gasteiger partial charge in [0.1, 0.15) is 11.6 Å². The number of hydrazone groups is 1. The summed E-state index contributed by atoms with van der Waals surface area (Å²) in [6, 6.07) is 4.78. The third-order valence-corrected chi connectivity index (χ3v) is 6.63. The molecular weight excluding hydrogens is 378 g/mol. The first-order valence-corrected chi connectivity index (χ1v) is 9.87. The van der Waals surface area contributed by atoms with Crippen LogP contribution in [-0.2, 0) is 11.3 Å². The van der Waals surface area contributed by atoms with E-state index in [-0.39, 0.29) is 5.91 Å². The fourth-order valence-electron chi connectivity index (χ4n) is 5.28. The molecule has 1 amide bonds. The number of halogens is 2. The molecule has 8 heteroatoms. The summed E-state index contributed by atoms with van der Waals surface area (Å²) in [6.07, 6.45) is 6.47. The predicted octanol–water partition coefficient (Wildman–Crippen LogP) is 3.55. The average molecular weight is 400 g/mol. The van der Waals surface area contributed by atoms with Crippen molar-refractivity contribution in [3.8, 4) is 5.88 Å². The minimum Gasteiger partial charge on any atom is -0.480 e. The average Bonchev–Trinajstić information content (AvgIpc) is 3.42. The Hall–Kier alpha value is -2.77. The van der Waals surface area contributed by atoms with Gasteiger partial charge in [-0.25, -0.2) is 13.8 Å². The van der Waals surface area contributed by atoms with Crippen molar-refractivity contribution in [1.29, 1.82) is 0 Å². The highest BCUT2D eigenvalue weighted by Gasteiger charge is 2.61. The molecule has 2 bridgehead atoms. The van der Waals surface area contributed by atoms with E-state index in [0.29, 0.717) is 29.7 Å². The Balaban J connectivity index is 1.31. The molecule has 0 radical (unpaired) electrons. The van der Waals surface area contributed by atoms with Gasteiger partial charge in [0, 0.05) is 37.5 Å². The van der Waals surface area contributed by atoms with Gasteiger partial charge < -0.3 is 4.74 Å². The van der Waals surface area contributed by atoms with Gasteiger partial charge in [-0.05, 0) is 48.8 Å². The molecule has 6 rings (SSSR count). The van der Waals surface area contributed by atoms with E-state index < -0.39 is 23.1 Å². The molecule has 3 aliphatic carbocycles. The molecular formula is C21H22F2N4O2. The summed E-state index contributed by atoms with van der Waals surface area (Å²) in [6.45, 7) is 0.755. The number of methoxy groups -OCH3 is 1. The zero-order chi connectivity index (χ0) is 20.2. The number of aromatic nitrogens is 2. The molecule has 152 valence electrons. The largest absolute Gasteiger partial charge is 0.480 e. The number of benzene rings is 1. The first-order valence-electron chi connectivity index (χ1n) is 9.87. The van der Waals surface area contributed by atoms with Gasteiger partial charge in [-0.1, -0.05) is 0 Å². The van der Waals surface area contributed by atoms with Crippen LogP contribution >= 0.6 is 0 Å². The zero-order valence-corrected chi connectivity index (χ0v) is 16.1. The van der Waals surface area contributed by atoms with Crippen LogP contribution in [0.4, 0.5) is 8.78 Å². The smallest absolute Gasteiger partial charge is 0.249 e. The van der Waals surface area contributed by atoms with Crippen molar-refractivity contribution in [2.24, 2.45) is 22.4 Å². The fourth-order valence-corrected chi connectivity index (χ4v) is 5.28. The van der Waals surface area contributed by atoms with E-state index in [1.807, 2.05) is 16.9 Å². The summed E-state index contributed by atoms with van der Waals surface area (Å²) < 4.78 is 34.4. The SMILES string of the molecule is COc1ccn(CC2CC3(C(=O)N4N=CCC4c4cc(F)cc(F)c4)CC2C3)n1. The minimum absolute atomic E-state index is 0.0299. The van der Waals surface area contributed by atoms with Gasteiger partial charge in [0.2, 0.25) is 11.8 Å². The molecule has 6 nitrogen and oxygen atoms in total. The lowest BCUT2D eigenvalue weighted by Gasteiger charge is -2.40. The maximum absolute atomic E-state index is 13.7. The number of carbonyl (C=O) groups excluding carboxylic acids is 1. The fraction of sp³-hybridized carbons (Fsp3) is 0.476. The summed E-state index contributed by atoms with van der Waals surface area (Å²) in [7, 11) is 1.59. The topological polar surface area (TPSA) is 59.7 Å². The molecule has 29 heavy (non-hydrogen) atoms. The van der Waals surface area contributed by atoms with E-state index in [9.17, 15) is 13.6 Å². The van der Waals surface area contributed by atoms with E-state index >= 15 is 0 Å². The molecule has 4 aliphatic rings. The Bertz CT molecular complexity index is 963. The summed E-state index contributed by atoms with van der Waals surface area (Å²) >= 11 is 0. The van der Waals surface area contributed by atoms with Gasteiger partial charge in [0.25, 0.3) is 0 Å². The Morgan fingerprint density at radius 3 is 2.69 bits per heavy atom. The highest BCUT2D eigenvalue weighted by Crippen LogP contribution is 2.63. The molecule has 0 saturated heterocycles. The van der Waals surface area contributed by atoms with Crippen LogP contribution in [0, 0.1) is 28.9 Å². The van der Waals surface area contributed by atoms with E-state index in [4.69, 9.17) is 4.74 Å². The summed E-state index contributed by atoms with van der Waals surface area (Å²) in [5, 5.41) is 10.1. The molecule has 0 spiro atoms. The molecule has 3 fully saturated rings. The molecule has 2 heterocycles. The van der Waals surface area contributed by atoms with E-state index in [2.05, 4.69) is 10.2 Å². The van der Waals surface area contributed by atoms with Crippen LogP contribution in [0.5, 0.6) is 5.88 Å². The molecule has 2 aromatic rings. The second-order valence-corrected chi connectivity index (χ2v) is 8.40. The van der Waals surface area contributed by atoms with E-state index in [1.165, 1.54) is 17.1 Å². The number of carbonyl (C=O) groups is 1. The minimum atomic E-state index is -0.642. The molecule has 1 aromatic heterocycles. The summed E-state index contributed by atoms with van der Waals surface area (Å²) in [5.74, 6) is 0.134. The van der Waals surface area contributed by atoms with Crippen LogP contribution in [0.25, 0.3) is 0 Å². The number of amides is 1. The quantitative estimate of drug-likeness (QED) is 0.771. The molecule has 1 aliphatic heterocycles. The van der Waals surface area contributed by atoms with Gasteiger partial charge in [0.05, 0.1) is 18.6 Å². The Kier molecular flexibility index (Phi) is 4.18. The second kappa shape index (κ2) is 6.64. The van der Waals surface area contributed by atoms with Crippen molar-refractivity contribution in [2.75, 3.05) is 7.11 Å². The van der Waals surface area contributed by atoms with E-state index in [1.54, 1.807) is 13.3 Å². The van der Waals surface area contributed by atoms with Crippen LogP contribution in [-0.4, -0.2) is 34.0 Å². The first kappa shape index (κ1) is 18.3. The van der Waals surface area contributed by atoms with Crippen molar-refractivity contribution < 1.29 is 18.3 Å². The van der Waals surface area contributed by atoms with Gasteiger partial charge >= 0.3 is 0 Å². The van der Waals surface area contributed by atoms with Crippen molar-refractivity contribution in [3.63, 3.8) is 0 Å². The number of hydrogen-bond donors (Lipinski definition) is 0. The highest BCUT2D eigenvalue weighted by atomic mass is 19.1. The zero-order valence-electron chi connectivity index (χ0n) is 16.1. The Morgan fingerprint density at radius 2 is 2.00 bits per heavy atom. The van der Waals surface area contributed by atoms with Crippen molar-refractivity contribution in [1.82, 2.24) is 14.8 Å². The lowest BCUT2D eigenvalue weighted by Crippen LogP contribution is -2.45. The van der Waals surface area contributed by atoms with Gasteiger partial charge in [-0.2, -0.15) is 5.10 Å². The maximum Gasteiger partial charge on any atom is 0.249 e. The third-order valence-electron chi connectivity index (χ3n) is 6.63. The van der Waals surface area contributed by atoms with Crippen LogP contribution in [0.1, 0.15) is 37.3 Å². The summed E-state index contributed by atoms with van der Waals surface area (Å²) in [4.78, 5) is 13.4. The molecule has 0 N–H and O–H groups in total.